The van der Waals surface area contributed by atoms with Gasteiger partial charge in [-0.25, -0.2) is 4.98 Å². The van der Waals surface area contributed by atoms with E-state index in [1.807, 2.05) is 0 Å². The largest absolute Gasteiger partial charge is 0.312 e. The van der Waals surface area contributed by atoms with Crippen LogP contribution in [0.25, 0.3) is 0 Å². The molecule has 0 unspecified atom stereocenters. The van der Waals surface area contributed by atoms with Crippen LogP contribution in [0.15, 0.2) is 35.8 Å². The summed E-state index contributed by atoms with van der Waals surface area (Å²) >= 11 is 7.19. The lowest BCUT2D eigenvalue weighted by Crippen LogP contribution is -2.28. The van der Waals surface area contributed by atoms with Gasteiger partial charge in [0.05, 0.1) is 5.92 Å². The Morgan fingerprint density at radius 1 is 1.38 bits per heavy atom. The van der Waals surface area contributed by atoms with Crippen molar-refractivity contribution in [3.05, 3.63) is 40.9 Å². The van der Waals surface area contributed by atoms with Gasteiger partial charge < -0.3 is 10.2 Å². The third-order valence-electron chi connectivity index (χ3n) is 3.30. The molecule has 1 atom stereocenters. The summed E-state index contributed by atoms with van der Waals surface area (Å²) in [5.74, 6) is -0.594. The zero-order valence-corrected chi connectivity index (χ0v) is 12.5. The molecule has 0 bridgehead atoms. The van der Waals surface area contributed by atoms with Gasteiger partial charge in [0.1, 0.15) is 0 Å². The van der Waals surface area contributed by atoms with E-state index in [9.17, 15) is 9.59 Å². The van der Waals surface area contributed by atoms with E-state index in [4.69, 9.17) is 11.6 Å². The molecule has 2 aromatic rings. The highest BCUT2D eigenvalue weighted by Crippen LogP contribution is 2.27. The first-order valence-corrected chi connectivity index (χ1v) is 7.65. The minimum absolute atomic E-state index is 0.0587. The molecule has 0 aliphatic carbocycles. The quantitative estimate of drug-likeness (QED) is 0.945. The Hall–Kier alpha value is -1.92. The molecule has 2 heterocycles. The number of nitrogens with zero attached hydrogens (tertiary/aromatic N) is 2. The number of benzene rings is 1. The van der Waals surface area contributed by atoms with Crippen LogP contribution in [0.3, 0.4) is 0 Å². The van der Waals surface area contributed by atoms with Gasteiger partial charge >= 0.3 is 0 Å². The summed E-state index contributed by atoms with van der Waals surface area (Å²) in [5, 5.41) is 5.69. The summed E-state index contributed by atoms with van der Waals surface area (Å²) in [6, 6.07) is 7.02. The predicted octanol–water partition coefficient (Wildman–Crippen LogP) is 2.79. The Morgan fingerprint density at radius 3 is 2.81 bits per heavy atom. The zero-order valence-electron chi connectivity index (χ0n) is 11.0. The van der Waals surface area contributed by atoms with Crippen LogP contribution in [0.1, 0.15) is 6.42 Å². The molecule has 1 fully saturated rings. The van der Waals surface area contributed by atoms with E-state index >= 15 is 0 Å². The van der Waals surface area contributed by atoms with E-state index in [1.54, 1.807) is 40.7 Å². The zero-order chi connectivity index (χ0) is 14.8. The molecule has 1 aliphatic rings. The maximum absolute atomic E-state index is 12.1. The minimum atomic E-state index is -0.364. The number of amides is 2. The molecule has 3 rings (SSSR count). The summed E-state index contributed by atoms with van der Waals surface area (Å²) in [7, 11) is 0. The van der Waals surface area contributed by atoms with Crippen molar-refractivity contribution in [2.24, 2.45) is 5.92 Å². The van der Waals surface area contributed by atoms with Crippen LogP contribution in [0.2, 0.25) is 5.02 Å². The van der Waals surface area contributed by atoms with Crippen LogP contribution < -0.4 is 10.2 Å². The maximum atomic E-state index is 12.1. The molecule has 108 valence electrons. The van der Waals surface area contributed by atoms with Gasteiger partial charge in [-0.3, -0.25) is 9.59 Å². The van der Waals surface area contributed by atoms with Crippen molar-refractivity contribution in [3.63, 3.8) is 0 Å². The monoisotopic (exact) mass is 321 g/mol. The fourth-order valence-corrected chi connectivity index (χ4v) is 2.90. The number of hydrogen-bond acceptors (Lipinski definition) is 4. The van der Waals surface area contributed by atoms with Crippen LogP contribution in [0.5, 0.6) is 0 Å². The van der Waals surface area contributed by atoms with Gasteiger partial charge in [-0.15, -0.1) is 11.3 Å². The Labute approximate surface area is 130 Å². The molecule has 1 aromatic carbocycles. The molecule has 0 spiro atoms. The summed E-state index contributed by atoms with van der Waals surface area (Å²) in [6.45, 7) is 0.373. The lowest BCUT2D eigenvalue weighted by atomic mass is 10.1. The molecule has 1 aromatic heterocycles. The first-order chi connectivity index (χ1) is 10.1. The number of carbonyl (C=O) groups is 2. The number of nitrogens with one attached hydrogen (secondary N) is 1. The molecule has 1 N–H and O–H groups in total. The highest BCUT2D eigenvalue weighted by molar-refractivity contribution is 7.13. The van der Waals surface area contributed by atoms with Crippen molar-refractivity contribution >= 4 is 45.6 Å². The molecule has 1 aliphatic heterocycles. The van der Waals surface area contributed by atoms with E-state index in [0.29, 0.717) is 16.7 Å². The first-order valence-electron chi connectivity index (χ1n) is 6.40. The molecule has 2 amide bonds. The number of halogens is 1. The normalized spacial score (nSPS) is 18.0. The van der Waals surface area contributed by atoms with Gasteiger partial charge in [0, 0.05) is 35.3 Å². The van der Waals surface area contributed by atoms with Crippen molar-refractivity contribution in [3.8, 4) is 0 Å². The van der Waals surface area contributed by atoms with Gasteiger partial charge in [-0.1, -0.05) is 11.6 Å². The van der Waals surface area contributed by atoms with E-state index in [-0.39, 0.29) is 24.2 Å². The topological polar surface area (TPSA) is 62.3 Å². The average Bonchev–Trinajstić information content (AvgIpc) is 3.09. The molecule has 5 nitrogen and oxygen atoms in total. The number of hydrogen-bond donors (Lipinski definition) is 1. The fourth-order valence-electron chi connectivity index (χ4n) is 2.25. The number of thiazole rings is 1. The second-order valence-electron chi connectivity index (χ2n) is 4.71. The first kappa shape index (κ1) is 14.0. The highest BCUT2D eigenvalue weighted by atomic mass is 35.5. The number of rotatable bonds is 3. The lowest BCUT2D eigenvalue weighted by Gasteiger charge is -2.16. The molecule has 7 heteroatoms. The standard InChI is InChI=1S/C14H12ClN3O2S/c15-10-1-3-11(4-2-10)18-8-9(7-12(18)19)13(20)17-14-16-5-6-21-14/h1-6,9H,7-8H2,(H,16,17,20)/t9-/m0/s1. The van der Waals surface area contributed by atoms with E-state index in [2.05, 4.69) is 10.3 Å². The minimum Gasteiger partial charge on any atom is -0.312 e. The second-order valence-corrected chi connectivity index (χ2v) is 6.04. The van der Waals surface area contributed by atoms with Crippen molar-refractivity contribution < 1.29 is 9.59 Å². The number of aromatic nitrogens is 1. The van der Waals surface area contributed by atoms with E-state index < -0.39 is 0 Å². The average molecular weight is 322 g/mol. The van der Waals surface area contributed by atoms with Crippen LogP contribution >= 0.6 is 22.9 Å². The summed E-state index contributed by atoms with van der Waals surface area (Å²) in [6.07, 6.45) is 1.83. The van der Waals surface area contributed by atoms with E-state index in [0.717, 1.165) is 5.69 Å². The van der Waals surface area contributed by atoms with Crippen molar-refractivity contribution in [1.82, 2.24) is 4.98 Å². The Kier molecular flexibility index (Phi) is 3.90. The predicted molar refractivity (Wildman–Crippen MR) is 82.7 cm³/mol. The van der Waals surface area contributed by atoms with Crippen molar-refractivity contribution in [2.45, 2.75) is 6.42 Å². The van der Waals surface area contributed by atoms with Crippen LogP contribution in [0, 0.1) is 5.92 Å². The third-order valence-corrected chi connectivity index (χ3v) is 4.24. The summed E-state index contributed by atoms with van der Waals surface area (Å²) in [4.78, 5) is 29.8. The second kappa shape index (κ2) is 5.83. The van der Waals surface area contributed by atoms with Gasteiger partial charge in [0.15, 0.2) is 5.13 Å². The Morgan fingerprint density at radius 2 is 2.14 bits per heavy atom. The molecule has 21 heavy (non-hydrogen) atoms. The van der Waals surface area contributed by atoms with Crippen LogP contribution in [-0.2, 0) is 9.59 Å². The fraction of sp³-hybridized carbons (Fsp3) is 0.214. The Bertz CT molecular complexity index is 657. The van der Waals surface area contributed by atoms with Gasteiger partial charge in [0.25, 0.3) is 0 Å². The smallest absolute Gasteiger partial charge is 0.231 e. The van der Waals surface area contributed by atoms with E-state index in [1.165, 1.54) is 11.3 Å². The SMILES string of the molecule is O=C(Nc1nccs1)[C@H]1CC(=O)N(c2ccc(Cl)cc2)C1. The summed E-state index contributed by atoms with van der Waals surface area (Å²) < 4.78 is 0. The van der Waals surface area contributed by atoms with Crippen LogP contribution in [0.4, 0.5) is 10.8 Å². The molecular weight excluding hydrogens is 310 g/mol. The number of anilines is 2. The van der Waals surface area contributed by atoms with Gasteiger partial charge in [-0.05, 0) is 24.3 Å². The van der Waals surface area contributed by atoms with Crippen molar-refractivity contribution in [2.75, 3.05) is 16.8 Å². The molecule has 1 saturated heterocycles. The van der Waals surface area contributed by atoms with Crippen LogP contribution in [-0.4, -0.2) is 23.3 Å². The Balaban J connectivity index is 1.69. The highest BCUT2D eigenvalue weighted by Gasteiger charge is 2.35. The lowest BCUT2D eigenvalue weighted by molar-refractivity contribution is -0.122. The molecule has 0 radical (unpaired) electrons. The summed E-state index contributed by atoms with van der Waals surface area (Å²) in [5.41, 5.74) is 0.758. The molecular formula is C14H12ClN3O2S. The third kappa shape index (κ3) is 3.06. The van der Waals surface area contributed by atoms with Gasteiger partial charge in [-0.2, -0.15) is 0 Å². The van der Waals surface area contributed by atoms with Gasteiger partial charge in [0.2, 0.25) is 11.8 Å². The maximum Gasteiger partial charge on any atom is 0.231 e. The van der Waals surface area contributed by atoms with Crippen molar-refractivity contribution in [1.29, 1.82) is 0 Å². The molecule has 0 saturated carbocycles. The number of carbonyl (C=O) groups excluding carboxylic acids is 2.